The number of carbonyl (C=O) groups excluding carboxylic acids is 2. The molecule has 1 amide bonds. The number of pyridine rings is 1. The van der Waals surface area contributed by atoms with Crippen molar-refractivity contribution >= 4 is 17.4 Å². The number of rotatable bonds is 10. The molecule has 2 aromatic rings. The number of methoxy groups -OCH3 is 1. The molecule has 0 bridgehead atoms. The van der Waals surface area contributed by atoms with Gasteiger partial charge < -0.3 is 24.2 Å². The summed E-state index contributed by atoms with van der Waals surface area (Å²) in [5.41, 5.74) is 1.08. The Morgan fingerprint density at radius 2 is 1.88 bits per heavy atom. The summed E-state index contributed by atoms with van der Waals surface area (Å²) < 4.78 is 16.7. The molecule has 2 heterocycles. The highest BCUT2D eigenvalue weighted by atomic mass is 16.5. The van der Waals surface area contributed by atoms with E-state index in [1.54, 1.807) is 37.4 Å². The molecule has 176 valence electrons. The first kappa shape index (κ1) is 24.3. The molecule has 1 aliphatic rings. The fraction of sp³-hybridized carbons (Fsp3) is 0.400. The molecule has 0 spiro atoms. The lowest BCUT2D eigenvalue weighted by atomic mass is 9.95. The third-order valence-corrected chi connectivity index (χ3v) is 5.29. The van der Waals surface area contributed by atoms with Crippen LogP contribution >= 0.6 is 0 Å². The maximum absolute atomic E-state index is 13.1. The van der Waals surface area contributed by atoms with Crippen LogP contribution in [0.4, 0.5) is 0 Å². The minimum absolute atomic E-state index is 0.0311. The van der Waals surface area contributed by atoms with Crippen LogP contribution in [0.5, 0.6) is 11.5 Å². The summed E-state index contributed by atoms with van der Waals surface area (Å²) in [6, 6.07) is 7.66. The van der Waals surface area contributed by atoms with Crippen molar-refractivity contribution in [3.05, 3.63) is 59.4 Å². The van der Waals surface area contributed by atoms with Gasteiger partial charge in [-0.3, -0.25) is 14.6 Å². The summed E-state index contributed by atoms with van der Waals surface area (Å²) in [5.74, 6) is -0.593. The number of aromatic nitrogens is 1. The van der Waals surface area contributed by atoms with Crippen LogP contribution < -0.4 is 9.47 Å². The Hall–Kier alpha value is -3.39. The molecule has 0 aliphatic carbocycles. The molecule has 1 aromatic heterocycles. The Balaban J connectivity index is 2.08. The fourth-order valence-corrected chi connectivity index (χ4v) is 3.81. The van der Waals surface area contributed by atoms with Gasteiger partial charge in [-0.2, -0.15) is 0 Å². The van der Waals surface area contributed by atoms with Gasteiger partial charge in [-0.05, 0) is 57.0 Å². The molecule has 0 radical (unpaired) electrons. The van der Waals surface area contributed by atoms with Crippen LogP contribution in [-0.2, 0) is 14.3 Å². The summed E-state index contributed by atoms with van der Waals surface area (Å²) >= 11 is 0. The van der Waals surface area contributed by atoms with E-state index in [0.717, 1.165) is 0 Å². The van der Waals surface area contributed by atoms with E-state index in [1.807, 2.05) is 20.8 Å². The van der Waals surface area contributed by atoms with E-state index in [1.165, 1.54) is 17.3 Å². The Morgan fingerprint density at radius 3 is 2.52 bits per heavy atom. The number of amides is 1. The molecule has 3 rings (SSSR count). The van der Waals surface area contributed by atoms with Crippen LogP contribution in [0.1, 0.15) is 44.4 Å². The highest BCUT2D eigenvalue weighted by Gasteiger charge is 2.46. The van der Waals surface area contributed by atoms with Gasteiger partial charge in [0, 0.05) is 31.1 Å². The van der Waals surface area contributed by atoms with Crippen LogP contribution in [0.15, 0.2) is 48.3 Å². The molecular formula is C25H30N2O6. The second kappa shape index (κ2) is 11.0. The predicted molar refractivity (Wildman–Crippen MR) is 123 cm³/mol. The molecule has 8 heteroatoms. The number of ketones is 1. The van der Waals surface area contributed by atoms with Crippen LogP contribution in [0, 0.1) is 0 Å². The first-order chi connectivity index (χ1) is 15.9. The minimum atomic E-state index is -0.776. The van der Waals surface area contributed by atoms with Crippen molar-refractivity contribution in [2.24, 2.45) is 0 Å². The van der Waals surface area contributed by atoms with E-state index in [0.29, 0.717) is 48.8 Å². The highest BCUT2D eigenvalue weighted by molar-refractivity contribution is 6.46. The van der Waals surface area contributed by atoms with Crippen LogP contribution in [0.25, 0.3) is 5.76 Å². The van der Waals surface area contributed by atoms with Crippen molar-refractivity contribution < 1.29 is 28.9 Å². The van der Waals surface area contributed by atoms with Gasteiger partial charge in [0.25, 0.3) is 11.7 Å². The first-order valence-electron chi connectivity index (χ1n) is 11.0. The third kappa shape index (κ3) is 5.34. The van der Waals surface area contributed by atoms with Crippen molar-refractivity contribution in [3.63, 3.8) is 0 Å². The van der Waals surface area contributed by atoms with Gasteiger partial charge in [0.15, 0.2) is 11.5 Å². The Bertz CT molecular complexity index is 1020. The van der Waals surface area contributed by atoms with Crippen LogP contribution in [0.2, 0.25) is 0 Å². The number of likely N-dealkylation sites (tertiary alicyclic amines) is 1. The lowest BCUT2D eigenvalue weighted by Crippen LogP contribution is -2.31. The zero-order chi connectivity index (χ0) is 24.0. The van der Waals surface area contributed by atoms with Gasteiger partial charge in [-0.25, -0.2) is 0 Å². The molecule has 1 aromatic carbocycles. The quantitative estimate of drug-likeness (QED) is 0.253. The normalized spacial score (nSPS) is 17.6. The predicted octanol–water partition coefficient (Wildman–Crippen LogP) is 3.73. The second-order valence-corrected chi connectivity index (χ2v) is 7.84. The minimum Gasteiger partial charge on any atom is -0.507 e. The molecule has 1 atom stereocenters. The molecule has 1 aliphatic heterocycles. The third-order valence-electron chi connectivity index (χ3n) is 5.29. The summed E-state index contributed by atoms with van der Waals surface area (Å²) in [7, 11) is 1.54. The lowest BCUT2D eigenvalue weighted by Gasteiger charge is -2.26. The maximum atomic E-state index is 13.1. The van der Waals surface area contributed by atoms with E-state index >= 15 is 0 Å². The molecule has 1 saturated heterocycles. The van der Waals surface area contributed by atoms with E-state index < -0.39 is 17.7 Å². The molecular weight excluding hydrogens is 424 g/mol. The Morgan fingerprint density at radius 1 is 1.15 bits per heavy atom. The highest BCUT2D eigenvalue weighted by Crippen LogP contribution is 2.42. The number of aliphatic hydroxyl groups excluding tert-OH is 1. The monoisotopic (exact) mass is 454 g/mol. The number of carbonyl (C=O) groups is 2. The van der Waals surface area contributed by atoms with Gasteiger partial charge in [0.1, 0.15) is 5.76 Å². The van der Waals surface area contributed by atoms with Crippen molar-refractivity contribution in [3.8, 4) is 11.5 Å². The number of hydrogen-bond acceptors (Lipinski definition) is 7. The van der Waals surface area contributed by atoms with E-state index in [-0.39, 0.29) is 17.4 Å². The number of hydrogen-bond donors (Lipinski definition) is 1. The van der Waals surface area contributed by atoms with Crippen molar-refractivity contribution in [1.29, 1.82) is 0 Å². The van der Waals surface area contributed by atoms with Gasteiger partial charge >= 0.3 is 0 Å². The van der Waals surface area contributed by atoms with Gasteiger partial charge in [0.2, 0.25) is 0 Å². The fourth-order valence-electron chi connectivity index (χ4n) is 3.81. The molecule has 1 fully saturated rings. The van der Waals surface area contributed by atoms with Crippen molar-refractivity contribution in [2.45, 2.75) is 39.3 Å². The first-order valence-corrected chi connectivity index (χ1v) is 11.0. The molecule has 33 heavy (non-hydrogen) atoms. The Labute approximate surface area is 193 Å². The van der Waals surface area contributed by atoms with Crippen molar-refractivity contribution in [2.75, 3.05) is 26.9 Å². The summed E-state index contributed by atoms with van der Waals surface area (Å²) in [4.78, 5) is 31.5. The van der Waals surface area contributed by atoms with Gasteiger partial charge in [-0.15, -0.1) is 0 Å². The molecule has 0 saturated carbocycles. The molecule has 1 unspecified atom stereocenters. The average Bonchev–Trinajstić information content (AvgIpc) is 3.07. The topological polar surface area (TPSA) is 98.2 Å². The van der Waals surface area contributed by atoms with Gasteiger partial charge in [0.05, 0.1) is 31.4 Å². The van der Waals surface area contributed by atoms with E-state index in [4.69, 9.17) is 14.2 Å². The number of nitrogens with zero attached hydrogens (tertiary/aromatic N) is 2. The lowest BCUT2D eigenvalue weighted by molar-refractivity contribution is -0.140. The Kier molecular flexibility index (Phi) is 8.06. The smallest absolute Gasteiger partial charge is 0.295 e. The largest absolute Gasteiger partial charge is 0.507 e. The maximum Gasteiger partial charge on any atom is 0.295 e. The number of aliphatic hydroxyl groups is 1. The van der Waals surface area contributed by atoms with Crippen LogP contribution in [0.3, 0.4) is 0 Å². The standard InChI is InChI=1S/C25H30N2O6/c1-5-32-20-15-18(7-8-19(20)31-4)22-21(23(28)17-9-11-26-12-10-17)24(29)25(30)27(22)13-6-14-33-16(2)3/h7-12,15-16,22,28H,5-6,13-14H2,1-4H3/b23-21-. The zero-order valence-electron chi connectivity index (χ0n) is 19.4. The summed E-state index contributed by atoms with van der Waals surface area (Å²) in [6.45, 7) is 6.90. The number of ether oxygens (including phenoxy) is 3. The average molecular weight is 455 g/mol. The molecule has 8 nitrogen and oxygen atoms in total. The second-order valence-electron chi connectivity index (χ2n) is 7.84. The number of Topliss-reactive ketones (excluding diaryl/α,β-unsaturated/α-hetero) is 1. The summed E-state index contributed by atoms with van der Waals surface area (Å²) in [5, 5.41) is 11.0. The number of benzene rings is 1. The SMILES string of the molecule is CCOc1cc(C2/C(=C(/O)c3ccncc3)C(=O)C(=O)N2CCCOC(C)C)ccc1OC. The van der Waals surface area contributed by atoms with Gasteiger partial charge in [-0.1, -0.05) is 6.07 Å². The van der Waals surface area contributed by atoms with Crippen LogP contribution in [-0.4, -0.2) is 59.7 Å². The van der Waals surface area contributed by atoms with E-state index in [2.05, 4.69) is 4.98 Å². The van der Waals surface area contributed by atoms with Crippen molar-refractivity contribution in [1.82, 2.24) is 9.88 Å². The van der Waals surface area contributed by atoms with E-state index in [9.17, 15) is 14.7 Å². The molecule has 1 N–H and O–H groups in total. The zero-order valence-corrected chi connectivity index (χ0v) is 19.4. The summed E-state index contributed by atoms with van der Waals surface area (Å²) in [6.07, 6.45) is 3.65.